The van der Waals surface area contributed by atoms with E-state index in [1.165, 1.54) is 6.92 Å². The van der Waals surface area contributed by atoms with Gasteiger partial charge in [-0.15, -0.1) is 0 Å². The van der Waals surface area contributed by atoms with Gasteiger partial charge in [-0.25, -0.2) is 8.42 Å². The molecular weight excluding hydrogens is 372 g/mol. The number of fused-ring (bicyclic) bond motifs is 1. The van der Waals surface area contributed by atoms with Crippen molar-refractivity contribution >= 4 is 32.4 Å². The third kappa shape index (κ3) is 4.24. The molecule has 3 aromatic rings. The van der Waals surface area contributed by atoms with Gasteiger partial charge < -0.3 is 5.32 Å². The van der Waals surface area contributed by atoms with Crippen molar-refractivity contribution in [2.75, 3.05) is 5.32 Å². The molecule has 0 aliphatic rings. The molecule has 0 bridgehead atoms. The molecule has 6 heteroatoms. The Balaban J connectivity index is 1.78. The van der Waals surface area contributed by atoms with Gasteiger partial charge in [0.05, 0.1) is 10.9 Å². The molecule has 0 spiro atoms. The van der Waals surface area contributed by atoms with Gasteiger partial charge in [-0.3, -0.25) is 4.79 Å². The van der Waals surface area contributed by atoms with Gasteiger partial charge in [0, 0.05) is 5.69 Å². The summed E-state index contributed by atoms with van der Waals surface area (Å²) in [6, 6.07) is 15.5. The van der Waals surface area contributed by atoms with Crippen molar-refractivity contribution in [3.8, 4) is 0 Å². The highest BCUT2D eigenvalue weighted by Gasteiger charge is 2.23. The average Bonchev–Trinajstić information content (AvgIpc) is 2.63. The maximum Gasteiger partial charge on any atom is 0.242 e. The molecule has 1 atom stereocenters. The Labute approximate surface area is 165 Å². The fourth-order valence-corrected chi connectivity index (χ4v) is 4.54. The molecule has 5 nitrogen and oxygen atoms in total. The molecule has 3 aromatic carbocycles. The number of aryl methyl sites for hydroxylation is 3. The van der Waals surface area contributed by atoms with E-state index >= 15 is 0 Å². The van der Waals surface area contributed by atoms with Gasteiger partial charge in [-0.05, 0) is 61.7 Å². The zero-order chi connectivity index (χ0) is 20.5. The van der Waals surface area contributed by atoms with Crippen LogP contribution in [0, 0.1) is 20.8 Å². The number of nitrogens with one attached hydrogen (secondary N) is 2. The number of carbonyl (C=O) groups is 1. The zero-order valence-electron chi connectivity index (χ0n) is 16.4. The van der Waals surface area contributed by atoms with E-state index in [0.717, 1.165) is 27.5 Å². The van der Waals surface area contributed by atoms with Crippen LogP contribution in [0.4, 0.5) is 5.69 Å². The maximum atomic E-state index is 12.7. The van der Waals surface area contributed by atoms with E-state index in [1.807, 2.05) is 57.2 Å². The Kier molecular flexibility index (Phi) is 5.54. The van der Waals surface area contributed by atoms with Crippen LogP contribution in [0.1, 0.15) is 23.6 Å². The number of hydrogen-bond acceptors (Lipinski definition) is 3. The number of hydrogen-bond donors (Lipinski definition) is 2. The zero-order valence-corrected chi connectivity index (χ0v) is 17.2. The summed E-state index contributed by atoms with van der Waals surface area (Å²) in [5, 5.41) is 4.63. The van der Waals surface area contributed by atoms with Gasteiger partial charge in [-0.2, -0.15) is 4.72 Å². The number of anilines is 1. The first-order valence-electron chi connectivity index (χ1n) is 9.07. The molecule has 0 heterocycles. The van der Waals surface area contributed by atoms with Crippen molar-refractivity contribution in [2.24, 2.45) is 0 Å². The van der Waals surface area contributed by atoms with E-state index in [4.69, 9.17) is 0 Å². The van der Waals surface area contributed by atoms with Gasteiger partial charge in [-0.1, -0.05) is 48.0 Å². The monoisotopic (exact) mass is 396 g/mol. The smallest absolute Gasteiger partial charge is 0.242 e. The second-order valence-corrected chi connectivity index (χ2v) is 8.83. The Morgan fingerprint density at radius 1 is 0.893 bits per heavy atom. The van der Waals surface area contributed by atoms with Crippen molar-refractivity contribution in [1.29, 1.82) is 0 Å². The van der Waals surface area contributed by atoms with Crippen LogP contribution in [-0.2, 0) is 14.8 Å². The van der Waals surface area contributed by atoms with E-state index in [9.17, 15) is 13.2 Å². The number of sulfonamides is 1. The van der Waals surface area contributed by atoms with Crippen LogP contribution >= 0.6 is 0 Å². The standard InChI is InChI=1S/C22H24N2O3S/c1-14-11-15(2)21(16(3)12-14)23-22(25)17(4)24-28(26,27)20-10-9-18-7-5-6-8-19(18)13-20/h5-13,17,24H,1-4H3,(H,23,25)/t17-/m0/s1. The predicted octanol–water partition coefficient (Wildman–Crippen LogP) is 4.07. The molecule has 0 saturated carbocycles. The fourth-order valence-electron chi connectivity index (χ4n) is 3.30. The molecule has 146 valence electrons. The van der Waals surface area contributed by atoms with E-state index in [2.05, 4.69) is 10.0 Å². The van der Waals surface area contributed by atoms with E-state index < -0.39 is 22.0 Å². The molecule has 0 aromatic heterocycles. The summed E-state index contributed by atoms with van der Waals surface area (Å²) in [4.78, 5) is 12.7. The van der Waals surface area contributed by atoms with Gasteiger partial charge >= 0.3 is 0 Å². The predicted molar refractivity (Wildman–Crippen MR) is 113 cm³/mol. The highest BCUT2D eigenvalue weighted by molar-refractivity contribution is 7.89. The van der Waals surface area contributed by atoms with Crippen molar-refractivity contribution in [1.82, 2.24) is 4.72 Å². The van der Waals surface area contributed by atoms with E-state index in [1.54, 1.807) is 18.2 Å². The average molecular weight is 397 g/mol. The molecule has 0 aliphatic carbocycles. The quantitative estimate of drug-likeness (QED) is 0.683. The minimum atomic E-state index is -3.83. The molecule has 2 N–H and O–H groups in total. The first-order chi connectivity index (χ1) is 13.2. The van der Waals surface area contributed by atoms with Gasteiger partial charge in [0.25, 0.3) is 0 Å². The first-order valence-corrected chi connectivity index (χ1v) is 10.6. The second-order valence-electron chi connectivity index (χ2n) is 7.11. The minimum Gasteiger partial charge on any atom is -0.324 e. The lowest BCUT2D eigenvalue weighted by Gasteiger charge is -2.17. The SMILES string of the molecule is Cc1cc(C)c(NC(=O)[C@H](C)NS(=O)(=O)c2ccc3ccccc3c2)c(C)c1. The van der Waals surface area contributed by atoms with E-state index in [0.29, 0.717) is 5.69 Å². The lowest BCUT2D eigenvalue weighted by atomic mass is 10.0. The number of rotatable bonds is 5. The molecule has 0 unspecified atom stereocenters. The molecule has 0 aliphatic heterocycles. The largest absolute Gasteiger partial charge is 0.324 e. The molecular formula is C22H24N2O3S. The van der Waals surface area contributed by atoms with Crippen molar-refractivity contribution < 1.29 is 13.2 Å². The Morgan fingerprint density at radius 3 is 2.14 bits per heavy atom. The minimum absolute atomic E-state index is 0.133. The lowest BCUT2D eigenvalue weighted by molar-refractivity contribution is -0.117. The number of benzene rings is 3. The third-order valence-electron chi connectivity index (χ3n) is 4.68. The van der Waals surface area contributed by atoms with Gasteiger partial charge in [0.2, 0.25) is 15.9 Å². The van der Waals surface area contributed by atoms with Crippen LogP contribution in [0.3, 0.4) is 0 Å². The van der Waals surface area contributed by atoms with E-state index in [-0.39, 0.29) is 4.90 Å². The normalized spacial score (nSPS) is 12.7. The highest BCUT2D eigenvalue weighted by Crippen LogP contribution is 2.23. The van der Waals surface area contributed by atoms with Crippen molar-refractivity contribution in [3.05, 3.63) is 71.3 Å². The van der Waals surface area contributed by atoms with Crippen molar-refractivity contribution in [3.63, 3.8) is 0 Å². The third-order valence-corrected chi connectivity index (χ3v) is 6.22. The molecule has 1 amide bonds. The lowest BCUT2D eigenvalue weighted by Crippen LogP contribution is -2.41. The van der Waals surface area contributed by atoms with Crippen molar-refractivity contribution in [2.45, 2.75) is 38.6 Å². The molecule has 0 radical (unpaired) electrons. The summed E-state index contributed by atoms with van der Waals surface area (Å²) in [5.41, 5.74) is 3.70. The number of carbonyl (C=O) groups excluding carboxylic acids is 1. The van der Waals surface area contributed by atoms with Crippen LogP contribution in [-0.4, -0.2) is 20.4 Å². The van der Waals surface area contributed by atoms with Crippen LogP contribution in [0.25, 0.3) is 10.8 Å². The molecule has 0 saturated heterocycles. The molecule has 28 heavy (non-hydrogen) atoms. The van der Waals surface area contributed by atoms with Crippen LogP contribution in [0.5, 0.6) is 0 Å². The summed E-state index contributed by atoms with van der Waals surface area (Å²) >= 11 is 0. The summed E-state index contributed by atoms with van der Waals surface area (Å²) in [6.07, 6.45) is 0. The summed E-state index contributed by atoms with van der Waals surface area (Å²) in [6.45, 7) is 7.36. The fraction of sp³-hybridized carbons (Fsp3) is 0.227. The Morgan fingerprint density at radius 2 is 1.50 bits per heavy atom. The van der Waals surface area contributed by atoms with Gasteiger partial charge in [0.1, 0.15) is 0 Å². The second kappa shape index (κ2) is 7.73. The topological polar surface area (TPSA) is 75.3 Å². The number of amides is 1. The van der Waals surface area contributed by atoms with Crippen LogP contribution in [0.2, 0.25) is 0 Å². The first kappa shape index (κ1) is 20.0. The maximum absolute atomic E-state index is 12.7. The Bertz CT molecular complexity index is 1130. The summed E-state index contributed by atoms with van der Waals surface area (Å²) in [5.74, 6) is -0.403. The van der Waals surface area contributed by atoms with Gasteiger partial charge in [0.15, 0.2) is 0 Å². The molecule has 3 rings (SSSR count). The van der Waals surface area contributed by atoms with Crippen LogP contribution in [0.15, 0.2) is 59.5 Å². The summed E-state index contributed by atoms with van der Waals surface area (Å²) < 4.78 is 27.9. The summed E-state index contributed by atoms with van der Waals surface area (Å²) in [7, 11) is -3.83. The Hall–Kier alpha value is -2.70. The highest BCUT2D eigenvalue weighted by atomic mass is 32.2. The molecule has 0 fully saturated rings. The van der Waals surface area contributed by atoms with Crippen LogP contribution < -0.4 is 10.0 Å².